The molecule has 1 aliphatic heterocycles. The molecule has 5 heteroatoms. The van der Waals surface area contributed by atoms with Crippen LogP contribution in [0.2, 0.25) is 0 Å². The Kier molecular flexibility index (Phi) is 8.71. The van der Waals surface area contributed by atoms with Gasteiger partial charge in [0.2, 0.25) is 0 Å². The van der Waals surface area contributed by atoms with Crippen molar-refractivity contribution in [3.05, 3.63) is 196 Å². The molecule has 1 heterocycles. The largest absolute Gasteiger partial charge is 0.347 e. The topological polar surface area (TPSA) is 3.24 Å². The van der Waals surface area contributed by atoms with E-state index in [-0.39, 0.29) is 6.42 Å². The number of hydrogen-bond donors (Lipinski definition) is 0. The third-order valence-electron chi connectivity index (χ3n) is 10.8. The minimum Gasteiger partial charge on any atom is -0.347 e. The van der Waals surface area contributed by atoms with Crippen LogP contribution in [0.25, 0.3) is 21.5 Å². The first-order valence-corrected chi connectivity index (χ1v) is 17.1. The second kappa shape index (κ2) is 13.0. The van der Waals surface area contributed by atoms with Crippen LogP contribution in [0.4, 0.5) is 23.2 Å². The lowest BCUT2D eigenvalue weighted by molar-refractivity contribution is 0.525. The fraction of sp³-hybridized carbons (Fsp3) is 0.174. The summed E-state index contributed by atoms with van der Waals surface area (Å²) in [6, 6.07) is 32.1. The molecular weight excluding hydrogens is 643 g/mol. The average molecular weight is 682 g/mol. The van der Waals surface area contributed by atoms with E-state index in [1.54, 1.807) is 0 Å². The lowest BCUT2D eigenvalue weighted by Gasteiger charge is -2.34. The van der Waals surface area contributed by atoms with Gasteiger partial charge in [0.25, 0.3) is 0 Å². The molecule has 0 amide bonds. The van der Waals surface area contributed by atoms with Crippen molar-refractivity contribution in [2.75, 3.05) is 11.9 Å². The maximum atomic E-state index is 15.3. The van der Waals surface area contributed by atoms with Crippen LogP contribution >= 0.6 is 0 Å². The summed E-state index contributed by atoms with van der Waals surface area (Å²) < 4.78 is 58.5. The maximum absolute atomic E-state index is 15.3. The Labute approximate surface area is 296 Å². The molecule has 2 unspecified atom stereocenters. The van der Waals surface area contributed by atoms with Crippen molar-refractivity contribution in [2.45, 2.75) is 44.4 Å². The number of likely N-dealkylation sites (N-methyl/N-ethyl adjacent to an activating group) is 1. The Balaban J connectivity index is 1.35. The number of benzene rings is 6. The molecule has 6 aromatic carbocycles. The monoisotopic (exact) mass is 681 g/mol. The number of halogens is 4. The van der Waals surface area contributed by atoms with Gasteiger partial charge in [-0.25, -0.2) is 17.6 Å². The van der Waals surface area contributed by atoms with Gasteiger partial charge in [0, 0.05) is 41.4 Å². The number of fused-ring (bicyclic) bond motifs is 4. The molecule has 0 N–H and O–H groups in total. The maximum Gasteiger partial charge on any atom is 0.129 e. The summed E-state index contributed by atoms with van der Waals surface area (Å²) in [6.07, 6.45) is 6.52. The zero-order valence-corrected chi connectivity index (χ0v) is 29.2. The number of allylic oxidation sites excluding steroid dienone is 5. The number of aryl methyl sites for hydroxylation is 1. The van der Waals surface area contributed by atoms with Gasteiger partial charge in [0.15, 0.2) is 0 Å². The van der Waals surface area contributed by atoms with E-state index in [0.29, 0.717) is 17.5 Å². The molecule has 0 bridgehead atoms. The molecule has 0 saturated carbocycles. The fourth-order valence-electron chi connectivity index (χ4n) is 8.23. The zero-order chi connectivity index (χ0) is 36.1. The number of rotatable bonds is 8. The molecule has 6 aromatic rings. The minimum absolute atomic E-state index is 0.257. The normalized spacial score (nSPS) is 17.8. The first-order chi connectivity index (χ1) is 24.4. The fourth-order valence-corrected chi connectivity index (χ4v) is 8.23. The third-order valence-corrected chi connectivity index (χ3v) is 10.8. The Bertz CT molecular complexity index is 2410. The highest BCUT2D eigenvalue weighted by Gasteiger charge is 2.44. The molecule has 51 heavy (non-hydrogen) atoms. The van der Waals surface area contributed by atoms with Crippen LogP contribution in [0.3, 0.4) is 0 Å². The van der Waals surface area contributed by atoms with Crippen LogP contribution < -0.4 is 4.90 Å². The van der Waals surface area contributed by atoms with Gasteiger partial charge in [-0.3, -0.25) is 0 Å². The molecular formula is C46H39F4N. The molecule has 1 nitrogen and oxygen atoms in total. The van der Waals surface area contributed by atoms with E-state index in [2.05, 4.69) is 80.8 Å². The molecule has 1 aliphatic rings. The SMILES string of the molecule is C=C(/C=C/C=C1/N(C)c2ccc3ccccc3c2C1(C)Cc1ccc(F)cc1F)C(C)(Cc1ccc(F)cc1F)c1c(C)ccc2ccccc12. The molecule has 0 aromatic heterocycles. The summed E-state index contributed by atoms with van der Waals surface area (Å²) in [6.45, 7) is 10.8. The number of nitrogens with zero attached hydrogens (tertiary/aromatic N) is 1. The van der Waals surface area contributed by atoms with E-state index in [1.807, 2.05) is 49.5 Å². The van der Waals surface area contributed by atoms with Gasteiger partial charge in [0.1, 0.15) is 23.3 Å². The van der Waals surface area contributed by atoms with Gasteiger partial charge >= 0.3 is 0 Å². The summed E-state index contributed by atoms with van der Waals surface area (Å²) in [5.41, 5.74) is 5.21. The molecule has 7 rings (SSSR count). The molecule has 0 radical (unpaired) electrons. The third kappa shape index (κ3) is 5.95. The summed E-state index contributed by atoms with van der Waals surface area (Å²) in [5, 5.41) is 4.25. The van der Waals surface area contributed by atoms with Crippen molar-refractivity contribution in [1.82, 2.24) is 0 Å². The predicted octanol–water partition coefficient (Wildman–Crippen LogP) is 12.0. The minimum atomic E-state index is -0.778. The van der Waals surface area contributed by atoms with E-state index < -0.39 is 34.1 Å². The van der Waals surface area contributed by atoms with Gasteiger partial charge in [0.05, 0.1) is 0 Å². The molecule has 0 aliphatic carbocycles. The van der Waals surface area contributed by atoms with Crippen molar-refractivity contribution in [3.8, 4) is 0 Å². The Morgan fingerprint density at radius 2 is 1.35 bits per heavy atom. The van der Waals surface area contributed by atoms with E-state index in [0.717, 1.165) is 67.3 Å². The van der Waals surface area contributed by atoms with E-state index in [9.17, 15) is 8.78 Å². The van der Waals surface area contributed by atoms with Crippen molar-refractivity contribution in [2.24, 2.45) is 0 Å². The lowest BCUT2D eigenvalue weighted by atomic mass is 9.69. The lowest BCUT2D eigenvalue weighted by Crippen LogP contribution is -2.29. The van der Waals surface area contributed by atoms with Crippen molar-refractivity contribution in [3.63, 3.8) is 0 Å². The van der Waals surface area contributed by atoms with Crippen LogP contribution in [0, 0.1) is 30.2 Å². The van der Waals surface area contributed by atoms with Crippen LogP contribution in [-0.4, -0.2) is 7.05 Å². The van der Waals surface area contributed by atoms with E-state index in [1.165, 1.54) is 24.3 Å². The first-order valence-electron chi connectivity index (χ1n) is 17.1. The van der Waals surface area contributed by atoms with Gasteiger partial charge < -0.3 is 4.90 Å². The predicted molar refractivity (Wildman–Crippen MR) is 202 cm³/mol. The van der Waals surface area contributed by atoms with Crippen LogP contribution in [0.15, 0.2) is 145 Å². The highest BCUT2D eigenvalue weighted by atomic mass is 19.1. The van der Waals surface area contributed by atoms with Crippen molar-refractivity contribution in [1.29, 1.82) is 0 Å². The van der Waals surface area contributed by atoms with Gasteiger partial charge in [-0.05, 0) is 106 Å². The van der Waals surface area contributed by atoms with Crippen LogP contribution in [-0.2, 0) is 23.7 Å². The standard InChI is InChI=1S/C46H39F4N/c1-29-17-18-31-12-6-8-14-37(31)43(29)45(3,27-33-19-22-35(47)25-39(33)49)30(2)11-10-16-42-46(4,28-34-20-23-36(48)26-40(34)50)44-38-15-9-7-13-32(38)21-24-41(44)51(42)5/h6-26H,2,27-28H2,1,3-5H3/b11-10+,42-16+. The summed E-state index contributed by atoms with van der Waals surface area (Å²) >= 11 is 0. The highest BCUT2D eigenvalue weighted by Crippen LogP contribution is 2.52. The Morgan fingerprint density at radius 3 is 2.02 bits per heavy atom. The zero-order valence-electron chi connectivity index (χ0n) is 29.2. The van der Waals surface area contributed by atoms with Crippen molar-refractivity contribution < 1.29 is 17.6 Å². The molecule has 0 fully saturated rings. The van der Waals surface area contributed by atoms with Gasteiger partial charge in [-0.15, -0.1) is 0 Å². The quantitative estimate of drug-likeness (QED) is 0.114. The van der Waals surface area contributed by atoms with Gasteiger partial charge in [-0.1, -0.05) is 105 Å². The van der Waals surface area contributed by atoms with Gasteiger partial charge in [-0.2, -0.15) is 0 Å². The average Bonchev–Trinajstić information content (AvgIpc) is 3.32. The first kappa shape index (κ1) is 34.0. The van der Waals surface area contributed by atoms with E-state index in [4.69, 9.17) is 0 Å². The second-order valence-corrected chi connectivity index (χ2v) is 14.1. The van der Waals surface area contributed by atoms with Crippen LogP contribution in [0.5, 0.6) is 0 Å². The van der Waals surface area contributed by atoms with Crippen molar-refractivity contribution >= 4 is 27.2 Å². The smallest absolute Gasteiger partial charge is 0.129 e. The number of anilines is 1. The summed E-state index contributed by atoms with van der Waals surface area (Å²) in [7, 11) is 2.01. The van der Waals surface area contributed by atoms with E-state index >= 15 is 8.78 Å². The summed E-state index contributed by atoms with van der Waals surface area (Å²) in [4.78, 5) is 2.14. The molecule has 0 saturated heterocycles. The summed E-state index contributed by atoms with van der Waals surface area (Å²) in [5.74, 6) is -2.41. The Hall–Kier alpha value is -5.42. The number of hydrogen-bond acceptors (Lipinski definition) is 1. The molecule has 0 spiro atoms. The molecule has 256 valence electrons. The van der Waals surface area contributed by atoms with Crippen LogP contribution in [0.1, 0.15) is 41.7 Å². The molecule has 2 atom stereocenters. The second-order valence-electron chi connectivity index (χ2n) is 14.1. The Morgan fingerprint density at radius 1 is 0.765 bits per heavy atom. The highest BCUT2D eigenvalue weighted by molar-refractivity contribution is 5.95.